The zero-order valence-corrected chi connectivity index (χ0v) is 17.2. The number of carbonyl (C=O) groups excluding carboxylic acids is 1. The van der Waals surface area contributed by atoms with Gasteiger partial charge in [0, 0.05) is 35.5 Å². The van der Waals surface area contributed by atoms with Crippen LogP contribution in [0.25, 0.3) is 0 Å². The van der Waals surface area contributed by atoms with E-state index in [0.29, 0.717) is 0 Å². The van der Waals surface area contributed by atoms with Crippen molar-refractivity contribution in [3.63, 3.8) is 0 Å². The van der Waals surface area contributed by atoms with Crippen LogP contribution in [0.2, 0.25) is 5.02 Å². The first-order valence-electron chi connectivity index (χ1n) is 9.63. The third kappa shape index (κ3) is 3.92. The molecule has 0 saturated carbocycles. The van der Waals surface area contributed by atoms with E-state index in [0.717, 1.165) is 54.7 Å². The Bertz CT molecular complexity index is 830. The number of thiophene rings is 1. The van der Waals surface area contributed by atoms with Crippen LogP contribution < -0.4 is 5.32 Å². The second kappa shape index (κ2) is 8.31. The molecule has 0 unspecified atom stereocenters. The van der Waals surface area contributed by atoms with Gasteiger partial charge in [0.25, 0.3) is 0 Å². The highest BCUT2D eigenvalue weighted by Gasteiger charge is 2.33. The first-order valence-corrected chi connectivity index (χ1v) is 10.8. The molecule has 1 saturated heterocycles. The molecule has 1 N–H and O–H groups in total. The number of morpholine rings is 1. The van der Waals surface area contributed by atoms with E-state index in [1.807, 2.05) is 18.2 Å². The fraction of sp³-hybridized carbons (Fsp3) is 0.476. The molecular weight excluding hydrogens is 380 g/mol. The van der Waals surface area contributed by atoms with Crippen LogP contribution in [0, 0.1) is 0 Å². The van der Waals surface area contributed by atoms with Crippen molar-refractivity contribution in [2.75, 3.05) is 31.6 Å². The highest BCUT2D eigenvalue weighted by Crippen LogP contribution is 2.46. The van der Waals surface area contributed by atoms with E-state index >= 15 is 0 Å². The zero-order valence-electron chi connectivity index (χ0n) is 15.6. The summed E-state index contributed by atoms with van der Waals surface area (Å²) in [4.78, 5) is 15.8. The predicted molar refractivity (Wildman–Crippen MR) is 111 cm³/mol. The lowest BCUT2D eigenvalue weighted by Crippen LogP contribution is -2.40. The van der Waals surface area contributed by atoms with Gasteiger partial charge in [-0.15, -0.1) is 11.3 Å². The summed E-state index contributed by atoms with van der Waals surface area (Å²) in [5.41, 5.74) is 3.78. The summed E-state index contributed by atoms with van der Waals surface area (Å²) < 4.78 is 5.60. The van der Waals surface area contributed by atoms with Crippen LogP contribution in [0.3, 0.4) is 0 Å². The smallest absolute Gasteiger partial charge is 0.221 e. The second-order valence-corrected chi connectivity index (χ2v) is 8.72. The molecule has 2 heterocycles. The molecule has 27 heavy (non-hydrogen) atoms. The summed E-state index contributed by atoms with van der Waals surface area (Å²) in [5.74, 6) is -0.0188. The molecule has 0 bridgehead atoms. The number of carbonyl (C=O) groups is 1. The summed E-state index contributed by atoms with van der Waals surface area (Å²) in [7, 11) is 0. The minimum Gasteiger partial charge on any atom is -0.379 e. The van der Waals surface area contributed by atoms with Crippen LogP contribution in [0.4, 0.5) is 5.00 Å². The van der Waals surface area contributed by atoms with E-state index in [1.54, 1.807) is 18.3 Å². The Morgan fingerprint density at radius 1 is 1.22 bits per heavy atom. The molecule has 0 radical (unpaired) electrons. The zero-order chi connectivity index (χ0) is 18.8. The summed E-state index contributed by atoms with van der Waals surface area (Å²) >= 11 is 8.40. The van der Waals surface area contributed by atoms with Crippen molar-refractivity contribution in [3.05, 3.63) is 50.9 Å². The van der Waals surface area contributed by atoms with E-state index in [9.17, 15) is 4.79 Å². The van der Waals surface area contributed by atoms with E-state index in [1.165, 1.54) is 28.8 Å². The Kier molecular flexibility index (Phi) is 5.83. The summed E-state index contributed by atoms with van der Waals surface area (Å²) in [5, 5.41) is 4.89. The van der Waals surface area contributed by atoms with Crippen molar-refractivity contribution >= 4 is 33.8 Å². The van der Waals surface area contributed by atoms with E-state index < -0.39 is 0 Å². The molecule has 1 aliphatic carbocycles. The average Bonchev–Trinajstić information content (AvgIpc) is 3.02. The molecule has 1 amide bonds. The van der Waals surface area contributed by atoms with Gasteiger partial charge in [0.05, 0.1) is 19.3 Å². The van der Waals surface area contributed by atoms with Gasteiger partial charge in [-0.1, -0.05) is 29.8 Å². The van der Waals surface area contributed by atoms with Gasteiger partial charge in [0.15, 0.2) is 0 Å². The Labute approximate surface area is 169 Å². The van der Waals surface area contributed by atoms with E-state index in [2.05, 4.69) is 16.3 Å². The SMILES string of the molecule is CC(=O)Nc1sc2c(c1[C@@H](c1ccccc1Cl)N1CCOCC1)CCCC2. The van der Waals surface area contributed by atoms with Crippen LogP contribution in [0.5, 0.6) is 0 Å². The third-order valence-corrected chi connectivity index (χ3v) is 6.95. The number of fused-ring (bicyclic) bond motifs is 1. The second-order valence-electron chi connectivity index (χ2n) is 7.21. The van der Waals surface area contributed by atoms with Gasteiger partial charge in [-0.25, -0.2) is 0 Å². The number of aryl methyl sites for hydroxylation is 1. The van der Waals surface area contributed by atoms with Gasteiger partial charge in [-0.3, -0.25) is 9.69 Å². The molecule has 1 fully saturated rings. The van der Waals surface area contributed by atoms with Gasteiger partial charge in [0.2, 0.25) is 5.91 Å². The van der Waals surface area contributed by atoms with Crippen molar-refractivity contribution in [2.24, 2.45) is 0 Å². The Balaban J connectivity index is 1.87. The maximum Gasteiger partial charge on any atom is 0.221 e. The molecule has 1 aliphatic heterocycles. The number of nitrogens with zero attached hydrogens (tertiary/aromatic N) is 1. The predicted octanol–water partition coefficient (Wildman–Crippen LogP) is 4.66. The van der Waals surface area contributed by atoms with Crippen LogP contribution in [-0.2, 0) is 22.4 Å². The summed E-state index contributed by atoms with van der Waals surface area (Å²) in [6.07, 6.45) is 4.60. The number of hydrogen-bond donors (Lipinski definition) is 1. The van der Waals surface area contributed by atoms with Crippen molar-refractivity contribution in [1.82, 2.24) is 4.90 Å². The lowest BCUT2D eigenvalue weighted by Gasteiger charge is -2.36. The van der Waals surface area contributed by atoms with Gasteiger partial charge >= 0.3 is 0 Å². The first-order chi connectivity index (χ1) is 13.1. The molecule has 2 aliphatic rings. The van der Waals surface area contributed by atoms with Crippen molar-refractivity contribution < 1.29 is 9.53 Å². The molecular formula is C21H25ClN2O2S. The minimum atomic E-state index is -0.0188. The summed E-state index contributed by atoms with van der Waals surface area (Å²) in [6.45, 7) is 4.76. The molecule has 144 valence electrons. The Morgan fingerprint density at radius 2 is 1.96 bits per heavy atom. The number of amides is 1. The topological polar surface area (TPSA) is 41.6 Å². The van der Waals surface area contributed by atoms with E-state index in [4.69, 9.17) is 16.3 Å². The van der Waals surface area contributed by atoms with Crippen molar-refractivity contribution in [3.8, 4) is 0 Å². The normalized spacial score (nSPS) is 18.7. The maximum atomic E-state index is 11.9. The number of halogens is 1. The van der Waals surface area contributed by atoms with Gasteiger partial charge in [-0.05, 0) is 42.9 Å². The summed E-state index contributed by atoms with van der Waals surface area (Å²) in [6, 6.07) is 8.14. The molecule has 1 atom stereocenters. The molecule has 1 aromatic carbocycles. The van der Waals surface area contributed by atoms with Crippen LogP contribution in [-0.4, -0.2) is 37.1 Å². The Hall–Kier alpha value is -1.40. The van der Waals surface area contributed by atoms with E-state index in [-0.39, 0.29) is 11.9 Å². The third-order valence-electron chi connectivity index (χ3n) is 5.39. The molecule has 1 aromatic heterocycles. The number of anilines is 1. The number of rotatable bonds is 4. The number of hydrogen-bond acceptors (Lipinski definition) is 4. The average molecular weight is 405 g/mol. The van der Waals surface area contributed by atoms with Crippen molar-refractivity contribution in [2.45, 2.75) is 38.6 Å². The number of ether oxygens (including phenoxy) is 1. The quantitative estimate of drug-likeness (QED) is 0.805. The molecule has 6 heteroatoms. The van der Waals surface area contributed by atoms with Crippen molar-refractivity contribution in [1.29, 1.82) is 0 Å². The molecule has 2 aromatic rings. The van der Waals surface area contributed by atoms with Gasteiger partial charge in [0.1, 0.15) is 5.00 Å². The Morgan fingerprint density at radius 3 is 2.70 bits per heavy atom. The lowest BCUT2D eigenvalue weighted by atomic mass is 9.88. The fourth-order valence-corrected chi connectivity index (χ4v) is 5.81. The largest absolute Gasteiger partial charge is 0.379 e. The lowest BCUT2D eigenvalue weighted by molar-refractivity contribution is -0.114. The van der Waals surface area contributed by atoms with Gasteiger partial charge in [-0.2, -0.15) is 0 Å². The van der Waals surface area contributed by atoms with Gasteiger partial charge < -0.3 is 10.1 Å². The number of nitrogens with one attached hydrogen (secondary N) is 1. The monoisotopic (exact) mass is 404 g/mol. The highest BCUT2D eigenvalue weighted by atomic mass is 35.5. The minimum absolute atomic E-state index is 0.0188. The standard InChI is InChI=1S/C21H25ClN2O2S/c1-14(25)23-21-19(16-7-3-5-9-18(16)27-21)20(24-10-12-26-13-11-24)15-6-2-4-8-17(15)22/h2,4,6,8,20H,3,5,7,9-13H2,1H3,(H,23,25)/t20-/m1/s1. The van der Waals surface area contributed by atoms with Crippen LogP contribution in [0.15, 0.2) is 24.3 Å². The molecule has 0 spiro atoms. The van der Waals surface area contributed by atoms with Crippen LogP contribution >= 0.6 is 22.9 Å². The maximum absolute atomic E-state index is 11.9. The molecule has 4 rings (SSSR count). The molecule has 4 nitrogen and oxygen atoms in total. The first kappa shape index (κ1) is 18.9. The number of benzene rings is 1. The van der Waals surface area contributed by atoms with Crippen LogP contribution in [0.1, 0.15) is 47.4 Å². The fourth-order valence-electron chi connectivity index (χ4n) is 4.20. The highest BCUT2D eigenvalue weighted by molar-refractivity contribution is 7.16.